The van der Waals surface area contributed by atoms with Crippen molar-refractivity contribution >= 4 is 7.92 Å². The second-order valence-electron chi connectivity index (χ2n) is 5.00. The van der Waals surface area contributed by atoms with Crippen LogP contribution in [0.3, 0.4) is 0 Å². The maximum absolute atomic E-state index is 8.96. The molecule has 0 amide bonds. The van der Waals surface area contributed by atoms with E-state index in [0.29, 0.717) is 19.6 Å². The number of likely N-dealkylation sites (N-methyl/N-ethyl adjacent to an activating group) is 3. The fourth-order valence-electron chi connectivity index (χ4n) is 1.88. The van der Waals surface area contributed by atoms with Crippen molar-refractivity contribution < 1.29 is 15.3 Å². The predicted molar refractivity (Wildman–Crippen MR) is 80.7 cm³/mol. The molecular formula is C12H30N3O3P. The summed E-state index contributed by atoms with van der Waals surface area (Å²) in [6, 6.07) is 0. The first-order valence-corrected chi connectivity index (χ1v) is 8.53. The summed E-state index contributed by atoms with van der Waals surface area (Å²) in [5.41, 5.74) is 0. The van der Waals surface area contributed by atoms with Crippen LogP contribution in [-0.4, -0.2) is 109 Å². The first-order chi connectivity index (χ1) is 9.03. The van der Waals surface area contributed by atoms with Gasteiger partial charge in [0, 0.05) is 38.5 Å². The molecule has 0 aromatic rings. The lowest BCUT2D eigenvalue weighted by atomic mass is 10.6. The molecule has 0 atom stereocenters. The average Bonchev–Trinajstić information content (AvgIpc) is 2.29. The summed E-state index contributed by atoms with van der Waals surface area (Å²) >= 11 is 0. The number of hydrogen-bond acceptors (Lipinski definition) is 6. The van der Waals surface area contributed by atoms with Gasteiger partial charge >= 0.3 is 0 Å². The molecule has 0 radical (unpaired) electrons. The third kappa shape index (κ3) is 10.6. The molecule has 0 fully saturated rings. The van der Waals surface area contributed by atoms with Crippen LogP contribution in [0.25, 0.3) is 0 Å². The lowest BCUT2D eigenvalue weighted by Crippen LogP contribution is -2.31. The van der Waals surface area contributed by atoms with E-state index in [9.17, 15) is 0 Å². The van der Waals surface area contributed by atoms with Gasteiger partial charge in [-0.05, 0) is 21.1 Å². The van der Waals surface area contributed by atoms with Crippen molar-refractivity contribution in [3.8, 4) is 0 Å². The van der Waals surface area contributed by atoms with Crippen LogP contribution in [0.4, 0.5) is 0 Å². The number of aliphatic hydroxyl groups is 3. The fraction of sp³-hybridized carbons (Fsp3) is 1.00. The molecule has 0 saturated heterocycles. The summed E-state index contributed by atoms with van der Waals surface area (Å²) in [6.07, 6.45) is 2.88. The van der Waals surface area contributed by atoms with Gasteiger partial charge in [-0.1, -0.05) is 7.92 Å². The summed E-state index contributed by atoms with van der Waals surface area (Å²) in [6.45, 7) is 2.60. The molecular weight excluding hydrogens is 265 g/mol. The topological polar surface area (TPSA) is 70.4 Å². The third-order valence-corrected chi connectivity index (χ3v) is 5.42. The first kappa shape index (κ1) is 19.2. The van der Waals surface area contributed by atoms with Gasteiger partial charge in [-0.25, -0.2) is 0 Å². The predicted octanol–water partition coefficient (Wildman–Crippen LogP) is -0.887. The third-order valence-electron chi connectivity index (χ3n) is 2.77. The van der Waals surface area contributed by atoms with Crippen LogP contribution < -0.4 is 0 Å². The molecule has 0 bridgehead atoms. The van der Waals surface area contributed by atoms with Crippen molar-refractivity contribution in [2.24, 2.45) is 0 Å². The number of aliphatic hydroxyl groups excluding tert-OH is 3. The maximum Gasteiger partial charge on any atom is 0.0558 e. The molecule has 3 N–H and O–H groups in total. The van der Waals surface area contributed by atoms with Crippen LogP contribution in [0.15, 0.2) is 0 Å². The minimum atomic E-state index is -0.269. The molecule has 6 nitrogen and oxygen atoms in total. The lowest BCUT2D eigenvalue weighted by Gasteiger charge is -2.31. The van der Waals surface area contributed by atoms with E-state index in [-0.39, 0.29) is 27.7 Å². The number of rotatable bonds is 12. The molecule has 0 spiro atoms. The molecule has 0 saturated carbocycles. The van der Waals surface area contributed by atoms with Crippen molar-refractivity contribution in [3.63, 3.8) is 0 Å². The Morgan fingerprint density at radius 3 is 1.11 bits per heavy atom. The highest BCUT2D eigenvalue weighted by Gasteiger charge is 2.15. The maximum atomic E-state index is 8.96. The Morgan fingerprint density at radius 2 is 0.895 bits per heavy atom. The first-order valence-electron chi connectivity index (χ1n) is 6.64. The number of nitrogens with zero attached hydrogens (tertiary/aromatic N) is 3. The molecule has 0 aromatic heterocycles. The minimum absolute atomic E-state index is 0.179. The van der Waals surface area contributed by atoms with E-state index in [4.69, 9.17) is 15.3 Å². The van der Waals surface area contributed by atoms with Crippen LogP contribution >= 0.6 is 7.92 Å². The SMILES string of the molecule is CN(CCO)CP(CN(C)CCO)CN(C)CCO. The van der Waals surface area contributed by atoms with E-state index in [0.717, 1.165) is 18.9 Å². The van der Waals surface area contributed by atoms with Crippen LogP contribution in [0.2, 0.25) is 0 Å². The van der Waals surface area contributed by atoms with E-state index < -0.39 is 0 Å². The van der Waals surface area contributed by atoms with E-state index >= 15 is 0 Å². The van der Waals surface area contributed by atoms with Crippen molar-refractivity contribution in [1.29, 1.82) is 0 Å². The summed E-state index contributed by atoms with van der Waals surface area (Å²) in [5.74, 6) is 0. The monoisotopic (exact) mass is 295 g/mol. The van der Waals surface area contributed by atoms with Gasteiger partial charge in [-0.3, -0.25) is 14.7 Å². The van der Waals surface area contributed by atoms with Crippen molar-refractivity contribution in [3.05, 3.63) is 0 Å². The van der Waals surface area contributed by atoms with Gasteiger partial charge < -0.3 is 15.3 Å². The van der Waals surface area contributed by atoms with E-state index in [2.05, 4.69) is 14.7 Å². The standard InChI is InChI=1S/C12H30N3O3P/c1-13(4-7-16)10-19(11-14(2)5-8-17)12-15(3)6-9-18/h16-18H,4-12H2,1-3H3. The highest BCUT2D eigenvalue weighted by atomic mass is 31.1. The Kier molecular flexibility index (Phi) is 12.1. The molecule has 7 heteroatoms. The lowest BCUT2D eigenvalue weighted by molar-refractivity contribution is 0.227. The van der Waals surface area contributed by atoms with Gasteiger partial charge in [0.1, 0.15) is 0 Å². The highest BCUT2D eigenvalue weighted by molar-refractivity contribution is 7.57. The van der Waals surface area contributed by atoms with Gasteiger partial charge in [-0.15, -0.1) is 0 Å². The van der Waals surface area contributed by atoms with Gasteiger partial charge in [0.15, 0.2) is 0 Å². The zero-order chi connectivity index (χ0) is 14.7. The molecule has 0 aromatic carbocycles. The van der Waals surface area contributed by atoms with Gasteiger partial charge in [0.25, 0.3) is 0 Å². The fourth-order valence-corrected chi connectivity index (χ4v) is 4.62. The van der Waals surface area contributed by atoms with Crippen LogP contribution in [-0.2, 0) is 0 Å². The second kappa shape index (κ2) is 12.0. The molecule has 19 heavy (non-hydrogen) atoms. The highest BCUT2D eigenvalue weighted by Crippen LogP contribution is 2.36. The van der Waals surface area contributed by atoms with E-state index in [1.54, 1.807) is 0 Å². The Hall–Kier alpha value is 0.190. The molecule has 0 rings (SSSR count). The van der Waals surface area contributed by atoms with E-state index in [1.807, 2.05) is 21.1 Å². The van der Waals surface area contributed by atoms with Gasteiger partial charge in [0.2, 0.25) is 0 Å². The summed E-state index contributed by atoms with van der Waals surface area (Å²) in [4.78, 5) is 6.43. The Labute approximate surface area is 118 Å². The number of hydrogen-bond donors (Lipinski definition) is 3. The second-order valence-corrected chi connectivity index (χ2v) is 7.20. The van der Waals surface area contributed by atoms with Crippen molar-refractivity contribution in [1.82, 2.24) is 14.7 Å². The van der Waals surface area contributed by atoms with Crippen molar-refractivity contribution in [2.45, 2.75) is 0 Å². The largest absolute Gasteiger partial charge is 0.395 e. The molecule has 0 heterocycles. The van der Waals surface area contributed by atoms with E-state index in [1.165, 1.54) is 0 Å². The van der Waals surface area contributed by atoms with Gasteiger partial charge in [0.05, 0.1) is 19.8 Å². The molecule has 0 aliphatic rings. The molecule has 0 unspecified atom stereocenters. The minimum Gasteiger partial charge on any atom is -0.395 e. The Balaban J connectivity index is 4.28. The zero-order valence-corrected chi connectivity index (χ0v) is 13.4. The van der Waals surface area contributed by atoms with Crippen LogP contribution in [0.5, 0.6) is 0 Å². The quantitative estimate of drug-likeness (QED) is 0.406. The zero-order valence-electron chi connectivity index (χ0n) is 12.5. The molecule has 0 aliphatic heterocycles. The molecule has 116 valence electrons. The summed E-state index contributed by atoms with van der Waals surface area (Å²) < 4.78 is 0. The average molecular weight is 295 g/mol. The normalized spacial score (nSPS) is 12.3. The summed E-state index contributed by atoms with van der Waals surface area (Å²) in [5, 5.41) is 26.9. The Bertz CT molecular complexity index is 179. The van der Waals surface area contributed by atoms with Gasteiger partial charge in [-0.2, -0.15) is 0 Å². The molecule has 0 aliphatic carbocycles. The van der Waals surface area contributed by atoms with Crippen LogP contribution in [0.1, 0.15) is 0 Å². The Morgan fingerprint density at radius 1 is 0.632 bits per heavy atom. The smallest absolute Gasteiger partial charge is 0.0558 e. The van der Waals surface area contributed by atoms with Crippen LogP contribution in [0, 0.1) is 0 Å². The van der Waals surface area contributed by atoms with Crippen molar-refractivity contribution in [2.75, 3.05) is 79.5 Å². The summed E-state index contributed by atoms with van der Waals surface area (Å²) in [7, 11) is 5.78.